The largest absolute Gasteiger partial charge is 0.444 e. The number of hydrogen-bond acceptors (Lipinski definition) is 8. The van der Waals surface area contributed by atoms with Crippen LogP contribution < -0.4 is 10.6 Å². The van der Waals surface area contributed by atoms with E-state index in [1.54, 1.807) is 0 Å². The Kier molecular flexibility index (Phi) is 8.54. The number of benzene rings is 1. The lowest BCUT2D eigenvalue weighted by Gasteiger charge is -2.31. The van der Waals surface area contributed by atoms with Crippen LogP contribution in [0.15, 0.2) is 24.3 Å². The first-order valence-electron chi connectivity index (χ1n) is 12.8. The minimum absolute atomic E-state index is 0.133. The average Bonchev–Trinajstić information content (AvgIpc) is 3.24. The molecule has 3 atom stereocenters. The van der Waals surface area contributed by atoms with Gasteiger partial charge in [-0.3, -0.25) is 24.7 Å². The van der Waals surface area contributed by atoms with Crippen LogP contribution in [-0.4, -0.2) is 90.9 Å². The van der Waals surface area contributed by atoms with E-state index in [-0.39, 0.29) is 25.0 Å². The van der Waals surface area contributed by atoms with Crippen LogP contribution in [0.1, 0.15) is 50.8 Å². The van der Waals surface area contributed by atoms with Gasteiger partial charge in [0.2, 0.25) is 11.8 Å². The monoisotopic (exact) mass is 526 g/mol. The van der Waals surface area contributed by atoms with E-state index in [2.05, 4.69) is 27.4 Å². The van der Waals surface area contributed by atoms with E-state index in [9.17, 15) is 19.2 Å². The quantitative estimate of drug-likeness (QED) is 0.437. The van der Waals surface area contributed by atoms with E-state index >= 15 is 0 Å². The van der Waals surface area contributed by atoms with Gasteiger partial charge >= 0.3 is 12.2 Å². The molecule has 3 aliphatic heterocycles. The first kappa shape index (κ1) is 27.4. The molecule has 0 spiro atoms. The normalized spacial score (nSPS) is 24.2. The SMILES string of the molecule is CC(C)(C)OC(=O)NC[C@H]1CN(CC#Cc2ccc([C@H]3CN(C4CCC(=O)NC4=O)C(=O)O3)cc2)CCO1. The second-order valence-corrected chi connectivity index (χ2v) is 10.5. The molecule has 3 fully saturated rings. The first-order chi connectivity index (χ1) is 18.1. The van der Waals surface area contributed by atoms with Crippen molar-refractivity contribution in [3.63, 3.8) is 0 Å². The zero-order chi connectivity index (χ0) is 27.3. The van der Waals surface area contributed by atoms with Gasteiger partial charge in [-0.05, 0) is 44.9 Å². The van der Waals surface area contributed by atoms with E-state index in [1.165, 1.54) is 4.90 Å². The van der Waals surface area contributed by atoms with Crippen LogP contribution in [0.3, 0.4) is 0 Å². The molecule has 0 radical (unpaired) electrons. The van der Waals surface area contributed by atoms with E-state index in [4.69, 9.17) is 14.2 Å². The topological polar surface area (TPSA) is 127 Å². The van der Waals surface area contributed by atoms with Crippen molar-refractivity contribution in [2.24, 2.45) is 0 Å². The van der Waals surface area contributed by atoms with E-state index in [1.807, 2.05) is 45.0 Å². The van der Waals surface area contributed by atoms with Crippen LogP contribution in [0, 0.1) is 11.8 Å². The summed E-state index contributed by atoms with van der Waals surface area (Å²) in [5.41, 5.74) is 1.10. The van der Waals surface area contributed by atoms with Gasteiger partial charge in [-0.15, -0.1) is 0 Å². The summed E-state index contributed by atoms with van der Waals surface area (Å²) in [7, 11) is 0. The van der Waals surface area contributed by atoms with Crippen molar-refractivity contribution in [3.8, 4) is 11.8 Å². The highest BCUT2D eigenvalue weighted by molar-refractivity contribution is 6.01. The number of nitrogens with one attached hydrogen (secondary N) is 2. The van der Waals surface area contributed by atoms with Gasteiger partial charge in [0.1, 0.15) is 17.7 Å². The summed E-state index contributed by atoms with van der Waals surface area (Å²) in [6, 6.07) is 6.78. The van der Waals surface area contributed by atoms with Crippen molar-refractivity contribution in [2.75, 3.05) is 39.3 Å². The van der Waals surface area contributed by atoms with Gasteiger partial charge in [0, 0.05) is 31.6 Å². The van der Waals surface area contributed by atoms with Crippen LogP contribution in [0.2, 0.25) is 0 Å². The Labute approximate surface area is 222 Å². The third-order valence-corrected chi connectivity index (χ3v) is 6.34. The molecule has 0 bridgehead atoms. The molecule has 11 heteroatoms. The Morgan fingerprint density at radius 1 is 1.18 bits per heavy atom. The number of carbonyl (C=O) groups excluding carboxylic acids is 4. The predicted octanol–water partition coefficient (Wildman–Crippen LogP) is 1.56. The summed E-state index contributed by atoms with van der Waals surface area (Å²) in [5, 5.41) is 5.03. The summed E-state index contributed by atoms with van der Waals surface area (Å²) in [6.07, 6.45) is -1.14. The van der Waals surface area contributed by atoms with Crippen LogP contribution in [-0.2, 0) is 23.8 Å². The third-order valence-electron chi connectivity index (χ3n) is 6.34. The summed E-state index contributed by atoms with van der Waals surface area (Å²) in [5.74, 6) is 5.55. The van der Waals surface area contributed by atoms with Gasteiger partial charge in [-0.25, -0.2) is 9.59 Å². The number of ether oxygens (including phenoxy) is 3. The molecule has 4 rings (SSSR count). The molecule has 3 saturated heterocycles. The number of carbonyl (C=O) groups is 4. The molecule has 204 valence electrons. The number of rotatable bonds is 5. The second kappa shape index (κ2) is 11.8. The van der Waals surface area contributed by atoms with Gasteiger partial charge in [0.05, 0.1) is 25.8 Å². The number of imide groups is 1. The lowest BCUT2D eigenvalue weighted by atomic mass is 10.0. The minimum Gasteiger partial charge on any atom is -0.444 e. The molecular formula is C27H34N4O7. The van der Waals surface area contributed by atoms with Crippen molar-refractivity contribution in [1.29, 1.82) is 0 Å². The number of alkyl carbamates (subject to hydrolysis) is 1. The number of piperidine rings is 1. The molecule has 38 heavy (non-hydrogen) atoms. The van der Waals surface area contributed by atoms with E-state index < -0.39 is 35.8 Å². The highest BCUT2D eigenvalue weighted by atomic mass is 16.6. The second-order valence-electron chi connectivity index (χ2n) is 10.5. The maximum atomic E-state index is 12.4. The lowest BCUT2D eigenvalue weighted by molar-refractivity contribution is -0.136. The maximum absolute atomic E-state index is 12.4. The zero-order valence-electron chi connectivity index (χ0n) is 22.0. The molecular weight excluding hydrogens is 492 g/mol. The smallest absolute Gasteiger partial charge is 0.411 e. The van der Waals surface area contributed by atoms with Crippen molar-refractivity contribution in [1.82, 2.24) is 20.4 Å². The summed E-state index contributed by atoms with van der Waals surface area (Å²) < 4.78 is 16.5. The Balaban J connectivity index is 1.24. The summed E-state index contributed by atoms with van der Waals surface area (Å²) in [4.78, 5) is 51.3. The van der Waals surface area contributed by atoms with Gasteiger partial charge in [0.15, 0.2) is 0 Å². The molecule has 0 aliphatic carbocycles. The summed E-state index contributed by atoms with van der Waals surface area (Å²) in [6.45, 7) is 8.61. The average molecular weight is 527 g/mol. The number of cyclic esters (lactones) is 1. The number of morpholine rings is 1. The van der Waals surface area contributed by atoms with Crippen LogP contribution in [0.5, 0.6) is 0 Å². The molecule has 11 nitrogen and oxygen atoms in total. The number of hydrogen-bond donors (Lipinski definition) is 2. The number of amides is 4. The van der Waals surface area contributed by atoms with Crippen molar-refractivity contribution >= 4 is 24.0 Å². The number of nitrogens with zero attached hydrogens (tertiary/aromatic N) is 2. The van der Waals surface area contributed by atoms with Crippen molar-refractivity contribution < 1.29 is 33.4 Å². The fraction of sp³-hybridized carbons (Fsp3) is 0.556. The Morgan fingerprint density at radius 3 is 2.66 bits per heavy atom. The molecule has 0 saturated carbocycles. The van der Waals surface area contributed by atoms with Crippen LogP contribution in [0.4, 0.5) is 9.59 Å². The van der Waals surface area contributed by atoms with Crippen LogP contribution >= 0.6 is 0 Å². The summed E-state index contributed by atoms with van der Waals surface area (Å²) >= 11 is 0. The van der Waals surface area contributed by atoms with Crippen molar-refractivity contribution in [2.45, 2.75) is 57.5 Å². The van der Waals surface area contributed by atoms with Crippen molar-refractivity contribution in [3.05, 3.63) is 35.4 Å². The molecule has 0 aromatic heterocycles. The molecule has 4 amide bonds. The Hall–Kier alpha value is -3.62. The lowest BCUT2D eigenvalue weighted by Crippen LogP contribution is -2.52. The third kappa shape index (κ3) is 7.46. The highest BCUT2D eigenvalue weighted by Crippen LogP contribution is 2.29. The molecule has 3 heterocycles. The van der Waals surface area contributed by atoms with Crippen LogP contribution in [0.25, 0.3) is 0 Å². The fourth-order valence-corrected chi connectivity index (χ4v) is 4.48. The van der Waals surface area contributed by atoms with Gasteiger partial charge in [-0.1, -0.05) is 24.0 Å². The fourth-order valence-electron chi connectivity index (χ4n) is 4.48. The molecule has 3 aliphatic rings. The molecule has 1 aromatic carbocycles. The van der Waals surface area contributed by atoms with Gasteiger partial charge in [0.25, 0.3) is 0 Å². The minimum atomic E-state index is -0.691. The molecule has 1 unspecified atom stereocenters. The molecule has 2 N–H and O–H groups in total. The standard InChI is InChI=1S/C27H34N4O7/c1-27(2,3)38-25(34)28-15-20-16-30(13-14-36-20)12-4-5-18-6-8-19(9-7-18)22-17-31(26(35)37-22)21-10-11-23(32)29-24(21)33/h6-9,20-22H,10-17H2,1-3H3,(H,28,34)(H,29,32,33)/t20-,21?,22+/m0/s1. The highest BCUT2D eigenvalue weighted by Gasteiger charge is 2.41. The first-order valence-corrected chi connectivity index (χ1v) is 12.8. The molecule has 1 aromatic rings. The maximum Gasteiger partial charge on any atom is 0.411 e. The zero-order valence-corrected chi connectivity index (χ0v) is 22.0. The predicted molar refractivity (Wildman–Crippen MR) is 136 cm³/mol. The van der Waals surface area contributed by atoms with E-state index in [0.717, 1.165) is 17.7 Å². The Bertz CT molecular complexity index is 1120. The van der Waals surface area contributed by atoms with Gasteiger partial charge < -0.3 is 19.5 Å². The van der Waals surface area contributed by atoms with Gasteiger partial charge in [-0.2, -0.15) is 0 Å². The Morgan fingerprint density at radius 2 is 1.95 bits per heavy atom. The van der Waals surface area contributed by atoms with E-state index in [0.29, 0.717) is 32.7 Å².